The number of H-pyrrole nitrogens is 1. The first-order valence-corrected chi connectivity index (χ1v) is 9.13. The molecule has 27 heavy (non-hydrogen) atoms. The zero-order valence-electron chi connectivity index (χ0n) is 15.1. The molecule has 2 heterocycles. The Labute approximate surface area is 156 Å². The van der Waals surface area contributed by atoms with Crippen LogP contribution >= 0.6 is 0 Å². The molecule has 2 aromatic heterocycles. The standard InChI is InChI=1S/C20H22N4O3/c1-27-20(26)16-11-15-18(21-13-7-9-14(25)10-8-13)23-17(24-19(15)22-16)12-5-3-2-4-6-12/h2-6,11,13-14,25H,7-10H2,1H3,(H2,21,22,23,24). The van der Waals surface area contributed by atoms with Gasteiger partial charge in [0.2, 0.25) is 0 Å². The molecule has 0 spiro atoms. The number of aliphatic hydroxyl groups is 1. The van der Waals surface area contributed by atoms with Crippen molar-refractivity contribution < 1.29 is 14.6 Å². The molecule has 0 atom stereocenters. The third-order valence-corrected chi connectivity index (χ3v) is 4.96. The highest BCUT2D eigenvalue weighted by Crippen LogP contribution is 2.29. The number of esters is 1. The lowest BCUT2D eigenvalue weighted by molar-refractivity contribution is 0.0595. The molecule has 7 heteroatoms. The molecule has 0 unspecified atom stereocenters. The molecule has 1 aliphatic rings. The Hall–Kier alpha value is -2.93. The van der Waals surface area contributed by atoms with Crippen LogP contribution < -0.4 is 5.32 Å². The highest BCUT2D eigenvalue weighted by molar-refractivity contribution is 5.98. The Kier molecular flexibility index (Phi) is 4.77. The number of aromatic amines is 1. The van der Waals surface area contributed by atoms with Crippen LogP contribution in [0, 0.1) is 0 Å². The third-order valence-electron chi connectivity index (χ3n) is 4.96. The average molecular weight is 366 g/mol. The van der Waals surface area contributed by atoms with Crippen molar-refractivity contribution in [3.05, 3.63) is 42.1 Å². The Bertz CT molecular complexity index is 947. The molecule has 1 saturated carbocycles. The van der Waals surface area contributed by atoms with E-state index in [-0.39, 0.29) is 12.1 Å². The monoisotopic (exact) mass is 366 g/mol. The van der Waals surface area contributed by atoms with Gasteiger partial charge in [0.1, 0.15) is 17.2 Å². The molecule has 3 aromatic rings. The molecule has 0 aliphatic heterocycles. The van der Waals surface area contributed by atoms with E-state index in [2.05, 4.69) is 15.3 Å². The number of ether oxygens (including phenoxy) is 1. The number of hydrogen-bond acceptors (Lipinski definition) is 6. The van der Waals surface area contributed by atoms with Crippen LogP contribution in [0.1, 0.15) is 36.2 Å². The fourth-order valence-corrected chi connectivity index (χ4v) is 3.47. The van der Waals surface area contributed by atoms with E-state index in [1.165, 1.54) is 7.11 Å². The van der Waals surface area contributed by atoms with Crippen molar-refractivity contribution in [2.24, 2.45) is 0 Å². The second-order valence-corrected chi connectivity index (χ2v) is 6.85. The number of carbonyl (C=O) groups is 1. The van der Waals surface area contributed by atoms with Crippen LogP contribution in [0.4, 0.5) is 5.82 Å². The second kappa shape index (κ2) is 7.36. The summed E-state index contributed by atoms with van der Waals surface area (Å²) < 4.78 is 4.82. The largest absolute Gasteiger partial charge is 0.464 e. The second-order valence-electron chi connectivity index (χ2n) is 6.85. The van der Waals surface area contributed by atoms with E-state index in [0.717, 1.165) is 36.6 Å². The van der Waals surface area contributed by atoms with Crippen molar-refractivity contribution in [3.63, 3.8) is 0 Å². The number of aromatic nitrogens is 3. The molecule has 0 radical (unpaired) electrons. The minimum Gasteiger partial charge on any atom is -0.464 e. The van der Waals surface area contributed by atoms with Gasteiger partial charge in [-0.15, -0.1) is 0 Å². The number of nitrogens with zero attached hydrogens (tertiary/aromatic N) is 2. The molecule has 1 aliphatic carbocycles. The molecule has 140 valence electrons. The van der Waals surface area contributed by atoms with Crippen molar-refractivity contribution in [2.45, 2.75) is 37.8 Å². The first-order chi connectivity index (χ1) is 13.1. The zero-order valence-corrected chi connectivity index (χ0v) is 15.1. The van der Waals surface area contributed by atoms with Crippen LogP contribution in [0.5, 0.6) is 0 Å². The number of benzene rings is 1. The maximum atomic E-state index is 11.9. The van der Waals surface area contributed by atoms with Gasteiger partial charge in [0, 0.05) is 11.6 Å². The number of nitrogens with one attached hydrogen (secondary N) is 2. The summed E-state index contributed by atoms with van der Waals surface area (Å²) in [7, 11) is 1.35. The van der Waals surface area contributed by atoms with E-state index in [0.29, 0.717) is 23.0 Å². The highest BCUT2D eigenvalue weighted by atomic mass is 16.5. The fourth-order valence-electron chi connectivity index (χ4n) is 3.47. The lowest BCUT2D eigenvalue weighted by Gasteiger charge is -2.26. The summed E-state index contributed by atoms with van der Waals surface area (Å²) in [4.78, 5) is 24.3. The van der Waals surface area contributed by atoms with Crippen LogP contribution in [-0.4, -0.2) is 45.3 Å². The van der Waals surface area contributed by atoms with Crippen LogP contribution in [-0.2, 0) is 4.74 Å². The SMILES string of the molecule is COC(=O)c1cc2c(NC3CCC(O)CC3)nc(-c3ccccc3)nc2[nH]1. The van der Waals surface area contributed by atoms with Gasteiger partial charge in [0.25, 0.3) is 0 Å². The van der Waals surface area contributed by atoms with Crippen LogP contribution in [0.2, 0.25) is 0 Å². The molecular formula is C20H22N4O3. The fraction of sp³-hybridized carbons (Fsp3) is 0.350. The van der Waals surface area contributed by atoms with Crippen molar-refractivity contribution in [2.75, 3.05) is 12.4 Å². The number of hydrogen-bond donors (Lipinski definition) is 3. The first kappa shape index (κ1) is 17.5. The van der Waals surface area contributed by atoms with Gasteiger partial charge in [-0.3, -0.25) is 0 Å². The van der Waals surface area contributed by atoms with Gasteiger partial charge in [0.15, 0.2) is 5.82 Å². The van der Waals surface area contributed by atoms with E-state index in [1.54, 1.807) is 6.07 Å². The topological polar surface area (TPSA) is 100 Å². The Morgan fingerprint density at radius 3 is 2.63 bits per heavy atom. The van der Waals surface area contributed by atoms with E-state index in [4.69, 9.17) is 9.72 Å². The number of anilines is 1. The summed E-state index contributed by atoms with van der Waals surface area (Å²) in [6, 6.07) is 11.7. The molecule has 0 bridgehead atoms. The van der Waals surface area contributed by atoms with Crippen LogP contribution in [0.15, 0.2) is 36.4 Å². The van der Waals surface area contributed by atoms with Gasteiger partial charge in [-0.2, -0.15) is 0 Å². The summed E-state index contributed by atoms with van der Waals surface area (Å²) in [5.41, 5.74) is 1.83. The van der Waals surface area contributed by atoms with Gasteiger partial charge >= 0.3 is 5.97 Å². The number of methoxy groups -OCH3 is 1. The Morgan fingerprint density at radius 1 is 1.19 bits per heavy atom. The number of carbonyl (C=O) groups excluding carboxylic acids is 1. The summed E-state index contributed by atoms with van der Waals surface area (Å²) in [6.07, 6.45) is 3.09. The number of aliphatic hydroxyl groups excluding tert-OH is 1. The molecule has 1 fully saturated rings. The first-order valence-electron chi connectivity index (χ1n) is 9.13. The quantitative estimate of drug-likeness (QED) is 0.614. The predicted molar refractivity (Wildman–Crippen MR) is 103 cm³/mol. The maximum absolute atomic E-state index is 11.9. The van der Waals surface area contributed by atoms with Crippen LogP contribution in [0.25, 0.3) is 22.4 Å². The lowest BCUT2D eigenvalue weighted by atomic mass is 9.93. The van der Waals surface area contributed by atoms with Gasteiger partial charge < -0.3 is 20.1 Å². The smallest absolute Gasteiger partial charge is 0.354 e. The minimum atomic E-state index is -0.444. The van der Waals surface area contributed by atoms with Gasteiger partial charge in [-0.25, -0.2) is 14.8 Å². The number of rotatable bonds is 4. The van der Waals surface area contributed by atoms with Gasteiger partial charge in [-0.1, -0.05) is 30.3 Å². The minimum absolute atomic E-state index is 0.216. The van der Waals surface area contributed by atoms with E-state index >= 15 is 0 Å². The predicted octanol–water partition coefficient (Wildman–Crippen LogP) is 3.13. The van der Waals surface area contributed by atoms with Gasteiger partial charge in [-0.05, 0) is 31.7 Å². The number of fused-ring (bicyclic) bond motifs is 1. The van der Waals surface area contributed by atoms with E-state index in [1.807, 2.05) is 30.3 Å². The van der Waals surface area contributed by atoms with Crippen molar-refractivity contribution in [1.82, 2.24) is 15.0 Å². The Morgan fingerprint density at radius 2 is 1.93 bits per heavy atom. The van der Waals surface area contributed by atoms with E-state index < -0.39 is 5.97 Å². The van der Waals surface area contributed by atoms with Crippen molar-refractivity contribution in [3.8, 4) is 11.4 Å². The summed E-state index contributed by atoms with van der Waals surface area (Å²) >= 11 is 0. The molecule has 4 rings (SSSR count). The van der Waals surface area contributed by atoms with Gasteiger partial charge in [0.05, 0.1) is 18.6 Å². The molecule has 3 N–H and O–H groups in total. The average Bonchev–Trinajstić information content (AvgIpc) is 3.14. The van der Waals surface area contributed by atoms with E-state index in [9.17, 15) is 9.90 Å². The summed E-state index contributed by atoms with van der Waals surface area (Å²) in [6.45, 7) is 0. The molecular weight excluding hydrogens is 344 g/mol. The molecule has 0 amide bonds. The lowest BCUT2D eigenvalue weighted by Crippen LogP contribution is -2.28. The summed E-state index contributed by atoms with van der Waals surface area (Å²) in [5.74, 6) is 0.826. The third kappa shape index (κ3) is 3.64. The van der Waals surface area contributed by atoms with Crippen LogP contribution in [0.3, 0.4) is 0 Å². The maximum Gasteiger partial charge on any atom is 0.354 e. The molecule has 1 aromatic carbocycles. The highest BCUT2D eigenvalue weighted by Gasteiger charge is 2.22. The van der Waals surface area contributed by atoms with Crippen molar-refractivity contribution in [1.29, 1.82) is 0 Å². The summed E-state index contributed by atoms with van der Waals surface area (Å²) in [5, 5.41) is 14.0. The van der Waals surface area contributed by atoms with Crippen molar-refractivity contribution >= 4 is 22.8 Å². The molecule has 0 saturated heterocycles. The normalized spacial score (nSPS) is 19.8. The molecule has 7 nitrogen and oxygen atoms in total. The zero-order chi connectivity index (χ0) is 18.8. The Balaban J connectivity index is 1.76.